The van der Waals surface area contributed by atoms with Crippen molar-refractivity contribution >= 4 is 11.7 Å². The highest BCUT2D eigenvalue weighted by Crippen LogP contribution is 2.35. The molecule has 0 N–H and O–H groups in total. The van der Waals surface area contributed by atoms with Crippen molar-refractivity contribution in [1.29, 1.82) is 0 Å². The summed E-state index contributed by atoms with van der Waals surface area (Å²) in [4.78, 5) is 19.6. The number of amidine groups is 1. The maximum atomic E-state index is 13.1. The molecule has 0 saturated heterocycles. The lowest BCUT2D eigenvalue weighted by Gasteiger charge is -2.38. The number of nitrogens with zero attached hydrogens (tertiary/aromatic N) is 2. The zero-order valence-electron chi connectivity index (χ0n) is 14.2. The van der Waals surface area contributed by atoms with Crippen molar-refractivity contribution in [1.82, 2.24) is 4.90 Å². The van der Waals surface area contributed by atoms with Crippen LogP contribution in [-0.4, -0.2) is 22.2 Å². The van der Waals surface area contributed by atoms with Gasteiger partial charge in [0.1, 0.15) is 11.4 Å². The van der Waals surface area contributed by atoms with Crippen LogP contribution in [0.3, 0.4) is 0 Å². The van der Waals surface area contributed by atoms with E-state index < -0.39 is 5.54 Å². The van der Waals surface area contributed by atoms with Gasteiger partial charge >= 0.3 is 0 Å². The zero-order valence-corrected chi connectivity index (χ0v) is 14.2. The van der Waals surface area contributed by atoms with Gasteiger partial charge in [-0.15, -0.1) is 0 Å². The van der Waals surface area contributed by atoms with Gasteiger partial charge in [0.05, 0.1) is 0 Å². The van der Waals surface area contributed by atoms with Crippen LogP contribution < -0.4 is 0 Å². The van der Waals surface area contributed by atoms with Crippen molar-refractivity contribution in [2.24, 2.45) is 4.99 Å². The summed E-state index contributed by atoms with van der Waals surface area (Å²) in [6.07, 6.45) is 7.25. The summed E-state index contributed by atoms with van der Waals surface area (Å²) in [6, 6.07) is 20.4. The fourth-order valence-electron chi connectivity index (χ4n) is 3.65. The number of rotatable bonds is 4. The fourth-order valence-corrected chi connectivity index (χ4v) is 3.65. The smallest absolute Gasteiger partial charge is 0.274 e. The van der Waals surface area contributed by atoms with Gasteiger partial charge in [-0.3, -0.25) is 4.79 Å². The summed E-state index contributed by atoms with van der Waals surface area (Å²) in [5.41, 5.74) is 2.61. The summed E-state index contributed by atoms with van der Waals surface area (Å²) < 4.78 is 0. The normalized spacial score (nSPS) is 18.0. The third kappa shape index (κ3) is 2.72. The number of fused-ring (bicyclic) bond motifs is 1. The number of hydrogen-bond donors (Lipinski definition) is 0. The minimum absolute atomic E-state index is 0.0606. The second-order valence-electron chi connectivity index (χ2n) is 6.66. The summed E-state index contributed by atoms with van der Waals surface area (Å²) >= 11 is 0. The van der Waals surface area contributed by atoms with E-state index in [1.54, 1.807) is 0 Å². The molecule has 25 heavy (non-hydrogen) atoms. The molecule has 0 atom stereocenters. The summed E-state index contributed by atoms with van der Waals surface area (Å²) in [7, 11) is 0. The highest BCUT2D eigenvalue weighted by molar-refractivity contribution is 6.14. The first-order valence-electron chi connectivity index (χ1n) is 8.55. The molecule has 124 valence electrons. The van der Waals surface area contributed by atoms with Crippen LogP contribution in [0.4, 0.5) is 0 Å². The Morgan fingerprint density at radius 3 is 2.04 bits per heavy atom. The van der Waals surface area contributed by atoms with Crippen LogP contribution in [0.25, 0.3) is 0 Å². The third-order valence-electron chi connectivity index (χ3n) is 4.91. The number of hydrogen-bond acceptors (Lipinski definition) is 2. The summed E-state index contributed by atoms with van der Waals surface area (Å²) in [5.74, 6) is 0.717. The van der Waals surface area contributed by atoms with Crippen LogP contribution in [-0.2, 0) is 17.6 Å². The van der Waals surface area contributed by atoms with E-state index in [4.69, 9.17) is 0 Å². The summed E-state index contributed by atoms with van der Waals surface area (Å²) in [6.45, 7) is 2.00. The van der Waals surface area contributed by atoms with Gasteiger partial charge in [0.15, 0.2) is 0 Å². The van der Waals surface area contributed by atoms with Gasteiger partial charge in [-0.25, -0.2) is 0 Å². The van der Waals surface area contributed by atoms with Gasteiger partial charge in [-0.2, -0.15) is 4.99 Å². The van der Waals surface area contributed by atoms with Crippen LogP contribution >= 0.6 is 0 Å². The Balaban J connectivity index is 1.78. The van der Waals surface area contributed by atoms with Crippen molar-refractivity contribution in [3.8, 4) is 0 Å². The Morgan fingerprint density at radius 1 is 0.920 bits per heavy atom. The number of allylic oxidation sites excluding steroid dienone is 2. The Morgan fingerprint density at radius 2 is 1.48 bits per heavy atom. The van der Waals surface area contributed by atoms with Gasteiger partial charge in [-0.1, -0.05) is 66.7 Å². The largest absolute Gasteiger partial charge is 0.317 e. The molecule has 0 saturated carbocycles. The topological polar surface area (TPSA) is 32.7 Å². The molecule has 2 aliphatic heterocycles. The van der Waals surface area contributed by atoms with Crippen LogP contribution in [0.5, 0.6) is 0 Å². The Kier molecular flexibility index (Phi) is 3.85. The Bertz CT molecular complexity index is 837. The predicted octanol–water partition coefficient (Wildman–Crippen LogP) is 3.92. The van der Waals surface area contributed by atoms with Gasteiger partial charge in [0.25, 0.3) is 5.91 Å². The van der Waals surface area contributed by atoms with E-state index in [1.807, 2.05) is 61.7 Å². The van der Waals surface area contributed by atoms with Crippen LogP contribution in [0.1, 0.15) is 18.1 Å². The maximum absolute atomic E-state index is 13.1. The quantitative estimate of drug-likeness (QED) is 0.852. The lowest BCUT2D eigenvalue weighted by atomic mass is 9.82. The molecule has 2 aromatic rings. The molecular formula is C22H20N2O. The van der Waals surface area contributed by atoms with Gasteiger partial charge in [-0.05, 0) is 29.7 Å². The lowest BCUT2D eigenvalue weighted by Crippen LogP contribution is -2.53. The molecule has 0 fully saturated rings. The van der Waals surface area contributed by atoms with E-state index in [2.05, 4.69) is 34.2 Å². The van der Waals surface area contributed by atoms with Gasteiger partial charge < -0.3 is 4.90 Å². The number of carbonyl (C=O) groups is 1. The highest BCUT2D eigenvalue weighted by Gasteiger charge is 2.50. The van der Waals surface area contributed by atoms with Crippen molar-refractivity contribution in [2.45, 2.75) is 25.3 Å². The molecular weight excluding hydrogens is 308 g/mol. The minimum Gasteiger partial charge on any atom is -0.317 e. The number of aliphatic imine (C=N–C) groups is 1. The fraction of sp³-hybridized carbons (Fsp3) is 0.182. The second kappa shape index (κ2) is 6.17. The van der Waals surface area contributed by atoms with Crippen molar-refractivity contribution in [3.63, 3.8) is 0 Å². The monoisotopic (exact) mass is 328 g/mol. The van der Waals surface area contributed by atoms with Crippen molar-refractivity contribution < 1.29 is 4.79 Å². The van der Waals surface area contributed by atoms with Crippen LogP contribution in [0, 0.1) is 0 Å². The second-order valence-corrected chi connectivity index (χ2v) is 6.66. The molecule has 0 spiro atoms. The van der Waals surface area contributed by atoms with E-state index >= 15 is 0 Å². The molecule has 0 aliphatic carbocycles. The van der Waals surface area contributed by atoms with Crippen molar-refractivity contribution in [2.75, 3.05) is 0 Å². The number of carbonyl (C=O) groups excluding carboxylic acids is 1. The highest BCUT2D eigenvalue weighted by atomic mass is 16.2. The lowest BCUT2D eigenvalue weighted by molar-refractivity contribution is -0.124. The van der Waals surface area contributed by atoms with Crippen molar-refractivity contribution in [3.05, 3.63) is 95.7 Å². The van der Waals surface area contributed by atoms with Crippen LogP contribution in [0.2, 0.25) is 0 Å². The molecule has 2 aliphatic rings. The van der Waals surface area contributed by atoms with E-state index in [9.17, 15) is 4.79 Å². The molecule has 3 nitrogen and oxygen atoms in total. The average molecular weight is 328 g/mol. The van der Waals surface area contributed by atoms with Gasteiger partial charge in [0.2, 0.25) is 0 Å². The molecule has 0 bridgehead atoms. The summed E-state index contributed by atoms with van der Waals surface area (Å²) in [5, 5.41) is 0. The van der Waals surface area contributed by atoms with Gasteiger partial charge in [0, 0.05) is 19.0 Å². The van der Waals surface area contributed by atoms with Crippen LogP contribution in [0.15, 0.2) is 89.6 Å². The Labute approximate surface area is 148 Å². The zero-order chi connectivity index (χ0) is 17.3. The van der Waals surface area contributed by atoms with E-state index in [-0.39, 0.29) is 5.91 Å². The van der Waals surface area contributed by atoms with E-state index in [0.717, 1.165) is 22.5 Å². The first-order chi connectivity index (χ1) is 12.2. The molecule has 3 heteroatoms. The molecule has 2 aromatic carbocycles. The molecule has 0 unspecified atom stereocenters. The molecule has 4 rings (SSSR count). The predicted molar refractivity (Wildman–Crippen MR) is 100 cm³/mol. The Hall–Kier alpha value is -2.94. The molecule has 0 radical (unpaired) electrons. The van der Waals surface area contributed by atoms with E-state index in [1.165, 1.54) is 0 Å². The third-order valence-corrected chi connectivity index (χ3v) is 4.91. The first kappa shape index (κ1) is 15.6. The standard InChI is InChI=1S/C22H20N2O/c1-17-9-8-14-24-20(17)23-21(25)22(24,15-18-10-4-2-5-11-18)16-19-12-6-3-7-13-19/h2-14H,15-16H2,1H3. The average Bonchev–Trinajstić information content (AvgIpc) is 2.90. The molecule has 1 amide bonds. The molecule has 0 aromatic heterocycles. The SMILES string of the molecule is CC1=CC=CN2C1=NC(=O)C2(Cc1ccccc1)Cc1ccccc1. The van der Waals surface area contributed by atoms with E-state index in [0.29, 0.717) is 12.8 Å². The first-order valence-corrected chi connectivity index (χ1v) is 8.55. The minimum atomic E-state index is -0.704. The number of amides is 1. The maximum Gasteiger partial charge on any atom is 0.274 e. The number of benzene rings is 2. The molecule has 2 heterocycles.